The second-order valence-corrected chi connectivity index (χ2v) is 6.42. The second-order valence-electron chi connectivity index (χ2n) is 6.01. The lowest BCUT2D eigenvalue weighted by Crippen LogP contribution is -2.27. The van der Waals surface area contributed by atoms with Crippen molar-refractivity contribution in [2.45, 2.75) is 19.4 Å². The van der Waals surface area contributed by atoms with E-state index in [9.17, 15) is 0 Å². The predicted octanol–water partition coefficient (Wildman–Crippen LogP) is 3.01. The van der Waals surface area contributed by atoms with Crippen LogP contribution in [-0.2, 0) is 0 Å². The number of halogens is 1. The van der Waals surface area contributed by atoms with Crippen LogP contribution in [0.4, 0.5) is 5.69 Å². The minimum absolute atomic E-state index is 0.283. The monoisotopic (exact) mass is 295 g/mol. The lowest BCUT2D eigenvalue weighted by molar-refractivity contribution is 0.396. The van der Waals surface area contributed by atoms with E-state index in [1.807, 2.05) is 7.05 Å². The van der Waals surface area contributed by atoms with E-state index in [0.717, 1.165) is 23.0 Å². The van der Waals surface area contributed by atoms with Crippen LogP contribution >= 0.6 is 11.6 Å². The summed E-state index contributed by atoms with van der Waals surface area (Å²) in [6.07, 6.45) is 1.30. The predicted molar refractivity (Wildman–Crippen MR) is 87.8 cm³/mol. The lowest BCUT2D eigenvalue weighted by atomic mass is 10.1. The molecule has 0 radical (unpaired) electrons. The van der Waals surface area contributed by atoms with Gasteiger partial charge in [-0.25, -0.2) is 0 Å². The summed E-state index contributed by atoms with van der Waals surface area (Å²) in [4.78, 5) is 4.73. The first-order valence-electron chi connectivity index (χ1n) is 7.37. The highest BCUT2D eigenvalue weighted by atomic mass is 35.5. The first-order chi connectivity index (χ1) is 9.51. The molecule has 1 heterocycles. The van der Waals surface area contributed by atoms with Crippen LogP contribution in [-0.4, -0.2) is 45.7 Å². The number of hydrogen-bond donors (Lipinski definition) is 1. The molecule has 0 aliphatic carbocycles. The van der Waals surface area contributed by atoms with Gasteiger partial charge < -0.3 is 15.1 Å². The molecule has 0 saturated carbocycles. The van der Waals surface area contributed by atoms with Crippen molar-refractivity contribution in [1.82, 2.24) is 10.2 Å². The van der Waals surface area contributed by atoms with E-state index < -0.39 is 0 Å². The van der Waals surface area contributed by atoms with E-state index in [0.29, 0.717) is 0 Å². The normalized spacial score (nSPS) is 21.1. The van der Waals surface area contributed by atoms with Gasteiger partial charge >= 0.3 is 0 Å². The van der Waals surface area contributed by atoms with E-state index in [4.69, 9.17) is 11.6 Å². The Balaban J connectivity index is 2.03. The Morgan fingerprint density at radius 1 is 1.50 bits per heavy atom. The Bertz CT molecular complexity index is 449. The molecule has 1 aromatic rings. The molecule has 2 rings (SSSR count). The fourth-order valence-corrected chi connectivity index (χ4v) is 3.27. The van der Waals surface area contributed by atoms with Crippen LogP contribution in [0.1, 0.15) is 24.9 Å². The molecule has 0 amide bonds. The lowest BCUT2D eigenvalue weighted by Gasteiger charge is -2.24. The number of nitrogens with zero attached hydrogens (tertiary/aromatic N) is 2. The summed E-state index contributed by atoms with van der Waals surface area (Å²) in [6, 6.07) is 6.68. The average Bonchev–Trinajstić information content (AvgIpc) is 2.83. The minimum atomic E-state index is 0.283. The third-order valence-electron chi connectivity index (χ3n) is 4.35. The van der Waals surface area contributed by atoms with E-state index in [-0.39, 0.29) is 6.04 Å². The largest absolute Gasteiger partial charge is 0.374 e. The van der Waals surface area contributed by atoms with Gasteiger partial charge in [-0.1, -0.05) is 17.7 Å². The van der Waals surface area contributed by atoms with Crippen LogP contribution in [0.3, 0.4) is 0 Å². The van der Waals surface area contributed by atoms with Crippen molar-refractivity contribution in [1.29, 1.82) is 0 Å². The van der Waals surface area contributed by atoms with Crippen molar-refractivity contribution in [2.75, 3.05) is 45.7 Å². The van der Waals surface area contributed by atoms with Crippen molar-refractivity contribution in [3.8, 4) is 0 Å². The Kier molecular flexibility index (Phi) is 5.30. The molecule has 1 aliphatic rings. The molecule has 1 aromatic carbocycles. The van der Waals surface area contributed by atoms with Crippen LogP contribution in [0, 0.1) is 5.92 Å². The molecular formula is C16H26ClN3. The first kappa shape index (κ1) is 15.6. The van der Waals surface area contributed by atoms with Gasteiger partial charge in [0.05, 0.1) is 0 Å². The van der Waals surface area contributed by atoms with E-state index in [2.05, 4.69) is 54.3 Å². The zero-order valence-corrected chi connectivity index (χ0v) is 13.7. The summed E-state index contributed by atoms with van der Waals surface area (Å²) < 4.78 is 0. The number of nitrogens with one attached hydrogen (secondary N) is 1. The number of hydrogen-bond acceptors (Lipinski definition) is 3. The van der Waals surface area contributed by atoms with Gasteiger partial charge in [-0.2, -0.15) is 0 Å². The SMILES string of the molecule is CNC(C)c1ccc(N(C)CC2CCN(C)C2)cc1Cl. The average molecular weight is 296 g/mol. The van der Waals surface area contributed by atoms with Crippen LogP contribution in [0.5, 0.6) is 0 Å². The fourth-order valence-electron chi connectivity index (χ4n) is 2.93. The molecular weight excluding hydrogens is 270 g/mol. The Morgan fingerprint density at radius 3 is 2.80 bits per heavy atom. The van der Waals surface area contributed by atoms with Crippen LogP contribution in [0.25, 0.3) is 0 Å². The van der Waals surface area contributed by atoms with Crippen LogP contribution in [0.15, 0.2) is 18.2 Å². The van der Waals surface area contributed by atoms with Gasteiger partial charge in [0.15, 0.2) is 0 Å². The van der Waals surface area contributed by atoms with Gasteiger partial charge in [0, 0.05) is 36.9 Å². The van der Waals surface area contributed by atoms with Crippen molar-refractivity contribution in [2.24, 2.45) is 5.92 Å². The van der Waals surface area contributed by atoms with Crippen molar-refractivity contribution in [3.63, 3.8) is 0 Å². The highest BCUT2D eigenvalue weighted by Gasteiger charge is 2.21. The first-order valence-corrected chi connectivity index (χ1v) is 7.75. The molecule has 112 valence electrons. The molecule has 2 unspecified atom stereocenters. The van der Waals surface area contributed by atoms with Crippen LogP contribution in [0.2, 0.25) is 5.02 Å². The zero-order valence-electron chi connectivity index (χ0n) is 13.0. The highest BCUT2D eigenvalue weighted by molar-refractivity contribution is 6.31. The smallest absolute Gasteiger partial charge is 0.0474 e. The minimum Gasteiger partial charge on any atom is -0.374 e. The maximum absolute atomic E-state index is 6.41. The standard InChI is InChI=1S/C16H26ClN3/c1-12(18-2)15-6-5-14(9-16(15)17)20(4)11-13-7-8-19(3)10-13/h5-6,9,12-13,18H,7-8,10-11H2,1-4H3. The summed E-state index contributed by atoms with van der Waals surface area (Å²) in [7, 11) is 6.31. The van der Waals surface area contributed by atoms with Crippen LogP contribution < -0.4 is 10.2 Å². The topological polar surface area (TPSA) is 18.5 Å². The zero-order chi connectivity index (χ0) is 14.7. The third-order valence-corrected chi connectivity index (χ3v) is 4.67. The number of rotatable bonds is 5. The molecule has 0 bridgehead atoms. The third kappa shape index (κ3) is 3.66. The summed E-state index contributed by atoms with van der Waals surface area (Å²) in [5, 5.41) is 4.08. The fraction of sp³-hybridized carbons (Fsp3) is 0.625. The summed E-state index contributed by atoms with van der Waals surface area (Å²) in [6.45, 7) is 5.64. The maximum Gasteiger partial charge on any atom is 0.0474 e. The molecule has 2 atom stereocenters. The molecule has 0 aromatic heterocycles. The Morgan fingerprint density at radius 2 is 2.25 bits per heavy atom. The van der Waals surface area contributed by atoms with Gasteiger partial charge in [0.2, 0.25) is 0 Å². The number of anilines is 1. The number of likely N-dealkylation sites (tertiary alicyclic amines) is 1. The second kappa shape index (κ2) is 6.79. The Labute approximate surface area is 127 Å². The molecule has 0 spiro atoms. The van der Waals surface area contributed by atoms with Crippen molar-refractivity contribution >= 4 is 17.3 Å². The highest BCUT2D eigenvalue weighted by Crippen LogP contribution is 2.28. The number of benzene rings is 1. The molecule has 1 fully saturated rings. The van der Waals surface area contributed by atoms with Crippen molar-refractivity contribution < 1.29 is 0 Å². The van der Waals surface area contributed by atoms with E-state index >= 15 is 0 Å². The van der Waals surface area contributed by atoms with Crippen molar-refractivity contribution in [3.05, 3.63) is 28.8 Å². The summed E-state index contributed by atoms with van der Waals surface area (Å²) in [5.74, 6) is 0.764. The van der Waals surface area contributed by atoms with Gasteiger partial charge in [-0.15, -0.1) is 0 Å². The molecule has 20 heavy (non-hydrogen) atoms. The molecule has 1 N–H and O–H groups in total. The van der Waals surface area contributed by atoms with Gasteiger partial charge in [-0.05, 0) is 57.6 Å². The molecule has 4 heteroatoms. The van der Waals surface area contributed by atoms with E-state index in [1.165, 1.54) is 25.2 Å². The quantitative estimate of drug-likeness (QED) is 0.901. The van der Waals surface area contributed by atoms with Gasteiger partial charge in [-0.3, -0.25) is 0 Å². The molecule has 3 nitrogen and oxygen atoms in total. The van der Waals surface area contributed by atoms with Gasteiger partial charge in [0.1, 0.15) is 0 Å². The molecule has 1 saturated heterocycles. The maximum atomic E-state index is 6.41. The van der Waals surface area contributed by atoms with E-state index in [1.54, 1.807) is 0 Å². The van der Waals surface area contributed by atoms with Gasteiger partial charge in [0.25, 0.3) is 0 Å². The summed E-state index contributed by atoms with van der Waals surface area (Å²) in [5.41, 5.74) is 2.36. The molecule has 1 aliphatic heterocycles. The Hall–Kier alpha value is -0.770. The summed E-state index contributed by atoms with van der Waals surface area (Å²) >= 11 is 6.41.